The van der Waals surface area contributed by atoms with Crippen LogP contribution in [0.25, 0.3) is 11.0 Å². The molecule has 0 bridgehead atoms. The number of hydrogen-bond donors (Lipinski definition) is 1. The Labute approximate surface area is 213 Å². The third kappa shape index (κ3) is 5.47. The maximum absolute atomic E-state index is 13.9. The van der Waals surface area contributed by atoms with Gasteiger partial charge in [0.15, 0.2) is 0 Å². The summed E-state index contributed by atoms with van der Waals surface area (Å²) in [5.41, 5.74) is 3.34. The number of nitrogens with zero attached hydrogens (tertiary/aromatic N) is 4. The van der Waals surface area contributed by atoms with E-state index in [1.54, 1.807) is 20.9 Å². The van der Waals surface area contributed by atoms with E-state index in [1.807, 2.05) is 73.0 Å². The van der Waals surface area contributed by atoms with Crippen molar-refractivity contribution >= 4 is 34.2 Å². The average molecular weight is 504 g/mol. The predicted octanol–water partition coefficient (Wildman–Crippen LogP) is 3.87. The van der Waals surface area contributed by atoms with E-state index in [4.69, 9.17) is 4.74 Å². The van der Waals surface area contributed by atoms with Crippen molar-refractivity contribution in [3.8, 4) is 0 Å². The van der Waals surface area contributed by atoms with Gasteiger partial charge in [-0.05, 0) is 48.9 Å². The third-order valence-corrected chi connectivity index (χ3v) is 7.27. The zero-order chi connectivity index (χ0) is 24.9. The Bertz CT molecular complexity index is 1310. The van der Waals surface area contributed by atoms with Crippen molar-refractivity contribution in [3.63, 3.8) is 0 Å². The second kappa shape index (κ2) is 11.0. The number of carbonyl (C=O) groups excluding carboxylic acids is 2. The van der Waals surface area contributed by atoms with Crippen molar-refractivity contribution in [1.82, 2.24) is 25.2 Å². The van der Waals surface area contributed by atoms with Gasteiger partial charge in [0, 0.05) is 18.0 Å². The van der Waals surface area contributed by atoms with Crippen LogP contribution >= 0.6 is 11.3 Å². The molecule has 4 aromatic rings. The Morgan fingerprint density at radius 3 is 2.75 bits per heavy atom. The summed E-state index contributed by atoms with van der Waals surface area (Å²) in [4.78, 5) is 30.2. The van der Waals surface area contributed by atoms with Crippen molar-refractivity contribution in [1.29, 1.82) is 0 Å². The smallest absolute Gasteiger partial charge is 0.247 e. The van der Waals surface area contributed by atoms with E-state index < -0.39 is 6.04 Å². The summed E-state index contributed by atoms with van der Waals surface area (Å²) in [5, 5.41) is 13.4. The van der Waals surface area contributed by atoms with Crippen LogP contribution in [0.4, 0.5) is 0 Å². The molecule has 1 aliphatic rings. The average Bonchev–Trinajstić information content (AvgIpc) is 3.67. The Kier molecular flexibility index (Phi) is 7.39. The minimum atomic E-state index is -0.795. The maximum atomic E-state index is 13.9. The van der Waals surface area contributed by atoms with Gasteiger partial charge < -0.3 is 15.0 Å². The number of thiophene rings is 1. The number of hydrogen-bond acceptors (Lipinski definition) is 6. The molecule has 2 aromatic carbocycles. The molecule has 186 valence electrons. The van der Waals surface area contributed by atoms with Crippen molar-refractivity contribution < 1.29 is 14.3 Å². The number of fused-ring (bicyclic) bond motifs is 1. The van der Waals surface area contributed by atoms with Crippen molar-refractivity contribution in [2.45, 2.75) is 45.0 Å². The monoisotopic (exact) mass is 503 g/mol. The number of nitrogens with one attached hydrogen (secondary N) is 1. The number of ether oxygens (including phenoxy) is 1. The van der Waals surface area contributed by atoms with Gasteiger partial charge in [-0.3, -0.25) is 9.59 Å². The molecule has 0 aliphatic carbocycles. The van der Waals surface area contributed by atoms with Gasteiger partial charge in [-0.2, -0.15) is 0 Å². The Hall–Kier alpha value is -3.56. The lowest BCUT2D eigenvalue weighted by atomic mass is 10.0. The molecule has 1 saturated heterocycles. The van der Waals surface area contributed by atoms with Crippen LogP contribution in [-0.4, -0.2) is 51.0 Å². The predicted molar refractivity (Wildman–Crippen MR) is 138 cm³/mol. The van der Waals surface area contributed by atoms with Gasteiger partial charge in [-0.25, -0.2) is 4.68 Å². The standard InChI is InChI=1S/C27H29N5O3S/c1-19-10-12-20(13-11-19)26(27(34)28-16-21-6-4-14-35-21)31(17-22-7-5-15-36-22)25(33)18-32-24-9-3-2-8-23(24)29-30-32/h2-3,5,7-13,15,21,26H,4,6,14,16-18H2,1H3,(H,28,34)/t21-,26-/m0/s1. The SMILES string of the molecule is Cc1ccc([C@@H](C(=O)NC[C@@H]2CCCO2)N(Cc2cccs2)C(=O)Cn2nnc3ccccc32)cc1. The number of aryl methyl sites for hydroxylation is 1. The lowest BCUT2D eigenvalue weighted by molar-refractivity contribution is -0.142. The van der Waals surface area contributed by atoms with Crippen molar-refractivity contribution in [3.05, 3.63) is 82.0 Å². The minimum Gasteiger partial charge on any atom is -0.376 e. The fourth-order valence-electron chi connectivity index (χ4n) is 4.48. The number of para-hydroxylation sites is 1. The van der Waals surface area contributed by atoms with Gasteiger partial charge in [0.1, 0.15) is 18.1 Å². The van der Waals surface area contributed by atoms with E-state index in [1.165, 1.54) is 0 Å². The molecule has 36 heavy (non-hydrogen) atoms. The molecule has 0 unspecified atom stereocenters. The van der Waals surface area contributed by atoms with Crippen molar-refractivity contribution in [2.24, 2.45) is 0 Å². The fraction of sp³-hybridized carbons (Fsp3) is 0.333. The number of rotatable bonds is 9. The maximum Gasteiger partial charge on any atom is 0.247 e. The van der Waals surface area contributed by atoms with Gasteiger partial charge >= 0.3 is 0 Å². The molecule has 0 spiro atoms. The number of benzene rings is 2. The number of aromatic nitrogens is 3. The summed E-state index contributed by atoms with van der Waals surface area (Å²) >= 11 is 1.56. The molecule has 0 radical (unpaired) electrons. The van der Waals surface area contributed by atoms with Crippen LogP contribution in [0.15, 0.2) is 66.0 Å². The lowest BCUT2D eigenvalue weighted by Gasteiger charge is -2.31. The summed E-state index contributed by atoms with van der Waals surface area (Å²) in [6.07, 6.45) is 1.93. The number of amides is 2. The molecule has 2 atom stereocenters. The first-order valence-corrected chi connectivity index (χ1v) is 13.0. The van der Waals surface area contributed by atoms with Gasteiger partial charge in [0.2, 0.25) is 11.8 Å². The second-order valence-corrected chi connectivity index (χ2v) is 10.1. The first-order valence-electron chi connectivity index (χ1n) is 12.1. The Morgan fingerprint density at radius 2 is 2.00 bits per heavy atom. The normalized spacial score (nSPS) is 16.2. The zero-order valence-electron chi connectivity index (χ0n) is 20.2. The topological polar surface area (TPSA) is 89.4 Å². The Balaban J connectivity index is 1.47. The van der Waals surface area contributed by atoms with Crippen LogP contribution in [-0.2, 0) is 27.4 Å². The third-order valence-electron chi connectivity index (χ3n) is 6.41. The van der Waals surface area contributed by atoms with E-state index in [0.29, 0.717) is 13.1 Å². The molecule has 5 rings (SSSR count). The molecule has 3 heterocycles. The summed E-state index contributed by atoms with van der Waals surface area (Å²) in [7, 11) is 0. The summed E-state index contributed by atoms with van der Waals surface area (Å²) < 4.78 is 7.29. The molecule has 2 amide bonds. The van der Waals surface area contributed by atoms with Gasteiger partial charge in [0.05, 0.1) is 18.2 Å². The molecular weight excluding hydrogens is 474 g/mol. The fourth-order valence-corrected chi connectivity index (χ4v) is 5.19. The van der Waals surface area contributed by atoms with Crippen LogP contribution in [0.2, 0.25) is 0 Å². The highest BCUT2D eigenvalue weighted by Crippen LogP contribution is 2.27. The van der Waals surface area contributed by atoms with Crippen LogP contribution in [0.1, 0.15) is 34.9 Å². The summed E-state index contributed by atoms with van der Waals surface area (Å²) in [6.45, 7) is 3.44. The minimum absolute atomic E-state index is 0.00979. The van der Waals surface area contributed by atoms with E-state index in [2.05, 4.69) is 15.6 Å². The first kappa shape index (κ1) is 24.1. The van der Waals surface area contributed by atoms with Crippen LogP contribution in [0.3, 0.4) is 0 Å². The van der Waals surface area contributed by atoms with E-state index in [9.17, 15) is 9.59 Å². The first-order chi connectivity index (χ1) is 17.6. The highest BCUT2D eigenvalue weighted by Gasteiger charge is 2.33. The van der Waals surface area contributed by atoms with Crippen molar-refractivity contribution in [2.75, 3.05) is 13.2 Å². The molecule has 2 aromatic heterocycles. The van der Waals surface area contributed by atoms with Gasteiger partial charge in [0.25, 0.3) is 0 Å². The molecule has 1 aliphatic heterocycles. The summed E-state index contributed by atoms with van der Waals surface area (Å²) in [5.74, 6) is -0.431. The van der Waals surface area contributed by atoms with E-state index in [-0.39, 0.29) is 24.5 Å². The second-order valence-electron chi connectivity index (χ2n) is 9.03. The Morgan fingerprint density at radius 1 is 1.17 bits per heavy atom. The van der Waals surface area contributed by atoms with E-state index in [0.717, 1.165) is 46.5 Å². The molecule has 1 N–H and O–H groups in total. The summed E-state index contributed by atoms with van der Waals surface area (Å²) in [6, 6.07) is 18.4. The molecule has 1 fully saturated rings. The molecule has 0 saturated carbocycles. The van der Waals surface area contributed by atoms with E-state index >= 15 is 0 Å². The molecule has 8 nitrogen and oxygen atoms in total. The highest BCUT2D eigenvalue weighted by molar-refractivity contribution is 7.09. The highest BCUT2D eigenvalue weighted by atomic mass is 32.1. The largest absolute Gasteiger partial charge is 0.376 e. The quantitative estimate of drug-likeness (QED) is 0.375. The van der Waals surface area contributed by atoms with Crippen LogP contribution in [0.5, 0.6) is 0 Å². The zero-order valence-corrected chi connectivity index (χ0v) is 21.0. The van der Waals surface area contributed by atoms with Crippen LogP contribution in [0, 0.1) is 6.92 Å². The lowest BCUT2D eigenvalue weighted by Crippen LogP contribution is -2.46. The van der Waals surface area contributed by atoms with Crippen LogP contribution < -0.4 is 5.32 Å². The molecule has 9 heteroatoms. The molecular formula is C27H29N5O3S. The van der Waals surface area contributed by atoms with Gasteiger partial charge in [-0.1, -0.05) is 53.2 Å². The number of carbonyl (C=O) groups is 2. The van der Waals surface area contributed by atoms with Gasteiger partial charge in [-0.15, -0.1) is 16.4 Å².